The van der Waals surface area contributed by atoms with Crippen molar-refractivity contribution in [2.45, 2.75) is 32.8 Å². The minimum absolute atomic E-state index is 0.102. The van der Waals surface area contributed by atoms with Crippen LogP contribution < -0.4 is 15.1 Å². The quantitative estimate of drug-likeness (QED) is 0.520. The third kappa shape index (κ3) is 4.81. The summed E-state index contributed by atoms with van der Waals surface area (Å²) in [6, 6.07) is 8.95. The number of halogens is 4. The summed E-state index contributed by atoms with van der Waals surface area (Å²) in [7, 11) is 0. The fraction of sp³-hybridized carbons (Fsp3) is 0.300. The third-order valence-electron chi connectivity index (χ3n) is 4.52. The number of nitrogens with one attached hydrogen (secondary N) is 1. The van der Waals surface area contributed by atoms with Crippen molar-refractivity contribution < 1.29 is 31.9 Å². The molecule has 1 aliphatic rings. The molecule has 0 saturated heterocycles. The van der Waals surface area contributed by atoms with Gasteiger partial charge in [0.2, 0.25) is 5.91 Å². The number of carbonyl (C=O) groups excluding carboxylic acids is 2. The van der Waals surface area contributed by atoms with Gasteiger partial charge in [0.05, 0.1) is 11.4 Å². The van der Waals surface area contributed by atoms with E-state index < -0.39 is 42.4 Å². The van der Waals surface area contributed by atoms with Crippen LogP contribution in [0.15, 0.2) is 47.6 Å². The van der Waals surface area contributed by atoms with Crippen molar-refractivity contribution in [2.24, 2.45) is 11.0 Å². The molecule has 2 aromatic rings. The summed E-state index contributed by atoms with van der Waals surface area (Å²) >= 11 is 0. The molecule has 3 rings (SSSR count). The molecule has 2 amide bonds. The molecule has 1 aromatic heterocycles. The predicted octanol–water partition coefficient (Wildman–Crippen LogP) is 4.16. The van der Waals surface area contributed by atoms with Crippen molar-refractivity contribution in [3.8, 4) is 5.75 Å². The third-order valence-corrected chi connectivity index (χ3v) is 4.52. The fourth-order valence-corrected chi connectivity index (χ4v) is 2.91. The fourth-order valence-electron chi connectivity index (χ4n) is 2.91. The Balaban J connectivity index is 1.74. The number of aromatic nitrogens is 1. The number of rotatable bonds is 7. The molecule has 1 aromatic carbocycles. The molecule has 0 bridgehead atoms. The molecular formula is C20H18F4N4O3. The van der Waals surface area contributed by atoms with E-state index in [2.05, 4.69) is 20.1 Å². The van der Waals surface area contributed by atoms with Gasteiger partial charge in [-0.15, -0.1) is 0 Å². The maximum atomic E-state index is 13.9. The number of pyridine rings is 1. The normalized spacial score (nSPS) is 16.5. The Hall–Kier alpha value is -3.50. The number of hydrogen-bond acceptors (Lipinski definition) is 5. The predicted molar refractivity (Wildman–Crippen MR) is 104 cm³/mol. The summed E-state index contributed by atoms with van der Waals surface area (Å²) in [5.74, 6) is -6.14. The van der Waals surface area contributed by atoms with Gasteiger partial charge in [0.25, 0.3) is 11.8 Å². The van der Waals surface area contributed by atoms with Gasteiger partial charge in [-0.05, 0) is 43.3 Å². The number of anilines is 2. The minimum Gasteiger partial charge on any atom is -0.435 e. The monoisotopic (exact) mass is 438 g/mol. The maximum Gasteiger partial charge on any atom is 0.387 e. The van der Waals surface area contributed by atoms with Gasteiger partial charge in [-0.1, -0.05) is 13.0 Å². The van der Waals surface area contributed by atoms with E-state index in [0.29, 0.717) is 0 Å². The molecular weight excluding hydrogens is 420 g/mol. The molecule has 0 spiro atoms. The summed E-state index contributed by atoms with van der Waals surface area (Å²) < 4.78 is 56.5. The summed E-state index contributed by atoms with van der Waals surface area (Å²) in [6.45, 7) is -0.215. The van der Waals surface area contributed by atoms with Gasteiger partial charge in [-0.2, -0.15) is 27.7 Å². The largest absolute Gasteiger partial charge is 0.435 e. The van der Waals surface area contributed by atoms with Crippen molar-refractivity contribution >= 4 is 29.0 Å². The van der Waals surface area contributed by atoms with E-state index >= 15 is 0 Å². The first-order chi connectivity index (χ1) is 14.6. The highest BCUT2D eigenvalue weighted by molar-refractivity contribution is 6.28. The first-order valence-corrected chi connectivity index (χ1v) is 9.22. The molecule has 11 heteroatoms. The van der Waals surface area contributed by atoms with Crippen molar-refractivity contribution in [2.75, 3.05) is 10.3 Å². The number of hydrazone groups is 1. The second kappa shape index (κ2) is 8.70. The lowest BCUT2D eigenvalue weighted by molar-refractivity contribution is -0.127. The van der Waals surface area contributed by atoms with E-state index in [1.165, 1.54) is 50.2 Å². The molecule has 0 radical (unpaired) electrons. The molecule has 164 valence electrons. The van der Waals surface area contributed by atoms with Gasteiger partial charge in [-0.25, -0.2) is 4.98 Å². The zero-order valence-electron chi connectivity index (χ0n) is 16.5. The van der Waals surface area contributed by atoms with E-state index in [0.717, 1.165) is 11.1 Å². The van der Waals surface area contributed by atoms with Gasteiger partial charge in [0.15, 0.2) is 5.92 Å². The van der Waals surface area contributed by atoms with Gasteiger partial charge in [0.1, 0.15) is 17.3 Å². The zero-order chi connectivity index (χ0) is 22.8. The van der Waals surface area contributed by atoms with Crippen LogP contribution >= 0.6 is 0 Å². The average Bonchev–Trinajstić information content (AvgIpc) is 3.02. The van der Waals surface area contributed by atoms with Crippen LogP contribution in [0.25, 0.3) is 0 Å². The topological polar surface area (TPSA) is 83.9 Å². The first kappa shape index (κ1) is 22.2. The number of ether oxygens (including phenoxy) is 1. The Morgan fingerprint density at radius 3 is 2.52 bits per heavy atom. The number of benzene rings is 1. The summed E-state index contributed by atoms with van der Waals surface area (Å²) in [5.41, 5.74) is -0.0851. The van der Waals surface area contributed by atoms with Crippen LogP contribution in [0.3, 0.4) is 0 Å². The van der Waals surface area contributed by atoms with Gasteiger partial charge >= 0.3 is 6.61 Å². The van der Waals surface area contributed by atoms with Crippen molar-refractivity contribution in [1.29, 1.82) is 0 Å². The van der Waals surface area contributed by atoms with Crippen molar-refractivity contribution in [1.82, 2.24) is 4.98 Å². The van der Waals surface area contributed by atoms with Crippen LogP contribution in [-0.2, 0) is 15.5 Å². The highest BCUT2D eigenvalue weighted by Crippen LogP contribution is 2.31. The summed E-state index contributed by atoms with van der Waals surface area (Å²) in [5, 5.41) is 7.38. The Morgan fingerprint density at radius 2 is 1.90 bits per heavy atom. The molecule has 0 aliphatic carbocycles. The van der Waals surface area contributed by atoms with Gasteiger partial charge in [0, 0.05) is 6.42 Å². The van der Waals surface area contributed by atoms with Gasteiger partial charge < -0.3 is 10.1 Å². The molecule has 1 N–H and O–H groups in total. The second-order valence-corrected chi connectivity index (χ2v) is 6.65. The van der Waals surface area contributed by atoms with E-state index in [9.17, 15) is 27.2 Å². The SMILES string of the molecule is CCC(F)(F)c1cccc(NC(=O)C2C(=O)N(c3ccc(OC(F)F)cc3)N=C2C)n1. The van der Waals surface area contributed by atoms with Crippen LogP contribution in [0.5, 0.6) is 5.75 Å². The van der Waals surface area contributed by atoms with Gasteiger partial charge in [-0.3, -0.25) is 9.59 Å². The number of nitrogens with zero attached hydrogens (tertiary/aromatic N) is 3. The van der Waals surface area contributed by atoms with E-state index in [4.69, 9.17) is 0 Å². The summed E-state index contributed by atoms with van der Waals surface area (Å²) in [6.07, 6.45) is -0.458. The molecule has 1 aliphatic heterocycles. The molecule has 7 nitrogen and oxygen atoms in total. The lowest BCUT2D eigenvalue weighted by atomic mass is 10.0. The highest BCUT2D eigenvalue weighted by atomic mass is 19.3. The van der Waals surface area contributed by atoms with Crippen LogP contribution in [-0.4, -0.2) is 29.1 Å². The highest BCUT2D eigenvalue weighted by Gasteiger charge is 2.40. The van der Waals surface area contributed by atoms with E-state index in [1.54, 1.807) is 0 Å². The average molecular weight is 438 g/mol. The Bertz CT molecular complexity index is 1010. The van der Waals surface area contributed by atoms with Crippen LogP contribution in [0, 0.1) is 5.92 Å². The molecule has 1 atom stereocenters. The van der Waals surface area contributed by atoms with Crippen LogP contribution in [0.4, 0.5) is 29.1 Å². The molecule has 0 fully saturated rings. The first-order valence-electron chi connectivity index (χ1n) is 9.22. The van der Waals surface area contributed by atoms with Crippen molar-refractivity contribution in [3.63, 3.8) is 0 Å². The lowest BCUT2D eigenvalue weighted by Gasteiger charge is -2.16. The van der Waals surface area contributed by atoms with Crippen LogP contribution in [0.2, 0.25) is 0 Å². The number of amides is 2. The molecule has 31 heavy (non-hydrogen) atoms. The minimum atomic E-state index is -3.15. The molecule has 0 saturated carbocycles. The molecule has 2 heterocycles. The zero-order valence-corrected chi connectivity index (χ0v) is 16.5. The number of carbonyl (C=O) groups is 2. The lowest BCUT2D eigenvalue weighted by Crippen LogP contribution is -2.36. The number of alkyl halides is 4. The molecule has 1 unspecified atom stereocenters. The van der Waals surface area contributed by atoms with Crippen molar-refractivity contribution in [3.05, 3.63) is 48.2 Å². The summed E-state index contributed by atoms with van der Waals surface area (Å²) in [4.78, 5) is 29.2. The van der Waals surface area contributed by atoms with E-state index in [1.807, 2.05) is 0 Å². The van der Waals surface area contributed by atoms with Crippen LogP contribution in [0.1, 0.15) is 26.0 Å². The second-order valence-electron chi connectivity index (χ2n) is 6.65. The Kier molecular flexibility index (Phi) is 6.23. The Labute approximate surface area is 174 Å². The van der Waals surface area contributed by atoms with E-state index in [-0.39, 0.29) is 23.0 Å². The Morgan fingerprint density at radius 1 is 1.23 bits per heavy atom. The smallest absolute Gasteiger partial charge is 0.387 e. The standard InChI is InChI=1S/C20H18F4N4O3/c1-3-20(23,24)14-5-4-6-15(25-14)26-17(29)16-11(2)27-28(18(16)30)12-7-9-13(10-8-12)31-19(21)22/h4-10,16,19H,3H2,1-2H3,(H,25,26,29). The number of hydrogen-bond donors (Lipinski definition) is 1. The maximum absolute atomic E-state index is 13.9.